The Balaban J connectivity index is 1.69. The normalized spacial score (nSPS) is 15.4. The van der Waals surface area contributed by atoms with Gasteiger partial charge < -0.3 is 9.15 Å². The van der Waals surface area contributed by atoms with Gasteiger partial charge in [-0.25, -0.2) is 4.79 Å². The molecule has 0 radical (unpaired) electrons. The quantitative estimate of drug-likeness (QED) is 0.238. The van der Waals surface area contributed by atoms with Gasteiger partial charge in [0.15, 0.2) is 0 Å². The summed E-state index contributed by atoms with van der Waals surface area (Å²) in [5.74, 6) is 0.844. The van der Waals surface area contributed by atoms with Crippen molar-refractivity contribution in [3.8, 4) is 11.3 Å². The van der Waals surface area contributed by atoms with Gasteiger partial charge >= 0.3 is 5.97 Å². The molecule has 1 aromatic heterocycles. The lowest BCUT2D eigenvalue weighted by Crippen LogP contribution is -2.28. The summed E-state index contributed by atoms with van der Waals surface area (Å²) >= 11 is 6.58. The first-order chi connectivity index (χ1) is 14.0. The summed E-state index contributed by atoms with van der Waals surface area (Å²) in [6, 6.07) is 10.7. The molecule has 1 aromatic carbocycles. The van der Waals surface area contributed by atoms with Crippen LogP contribution in [0.4, 0.5) is 0 Å². The molecule has 0 spiro atoms. The van der Waals surface area contributed by atoms with Crippen molar-refractivity contribution in [2.24, 2.45) is 0 Å². The Bertz CT molecular complexity index is 931. The number of furan rings is 1. The molecule has 0 bridgehead atoms. The smallest absolute Gasteiger partial charge is 0.338 e. The molecule has 1 saturated heterocycles. The van der Waals surface area contributed by atoms with Crippen molar-refractivity contribution in [2.45, 2.75) is 33.1 Å². The van der Waals surface area contributed by atoms with Crippen molar-refractivity contribution in [1.82, 2.24) is 4.90 Å². The van der Waals surface area contributed by atoms with E-state index in [1.165, 1.54) is 11.8 Å². The van der Waals surface area contributed by atoms with E-state index in [0.717, 1.165) is 24.8 Å². The van der Waals surface area contributed by atoms with E-state index in [1.807, 2.05) is 38.1 Å². The average molecular weight is 430 g/mol. The number of thiocarbonyl (C=S) groups is 1. The van der Waals surface area contributed by atoms with Gasteiger partial charge in [-0.2, -0.15) is 0 Å². The van der Waals surface area contributed by atoms with Crippen LogP contribution >= 0.6 is 24.0 Å². The Morgan fingerprint density at radius 1 is 1.17 bits per heavy atom. The molecule has 3 rings (SSSR count). The molecule has 5 nitrogen and oxygen atoms in total. The molecular formula is C22H23NO4S2. The first-order valence-electron chi connectivity index (χ1n) is 9.66. The van der Waals surface area contributed by atoms with Crippen molar-refractivity contribution in [3.05, 3.63) is 52.6 Å². The fraction of sp³-hybridized carbons (Fsp3) is 0.318. The monoisotopic (exact) mass is 429 g/mol. The van der Waals surface area contributed by atoms with Gasteiger partial charge in [0.25, 0.3) is 5.91 Å². The number of rotatable bonds is 8. The molecule has 7 heteroatoms. The largest absolute Gasteiger partial charge is 0.462 e. The molecule has 1 amide bonds. The molecular weight excluding hydrogens is 406 g/mol. The molecule has 2 heterocycles. The third-order valence-corrected chi connectivity index (χ3v) is 5.73. The molecule has 0 N–H and O–H groups in total. The van der Waals surface area contributed by atoms with Crippen LogP contribution in [0.5, 0.6) is 0 Å². The highest BCUT2D eigenvalue weighted by atomic mass is 32.2. The van der Waals surface area contributed by atoms with Crippen LogP contribution in [0.2, 0.25) is 0 Å². The summed E-state index contributed by atoms with van der Waals surface area (Å²) in [6.07, 6.45) is 4.41. The molecule has 29 heavy (non-hydrogen) atoms. The average Bonchev–Trinajstić information content (AvgIpc) is 3.29. The van der Waals surface area contributed by atoms with Crippen LogP contribution in [0.3, 0.4) is 0 Å². The lowest BCUT2D eigenvalue weighted by molar-refractivity contribution is -0.122. The first kappa shape index (κ1) is 21.3. The zero-order valence-electron chi connectivity index (χ0n) is 16.5. The number of thioether (sulfide) groups is 1. The maximum atomic E-state index is 12.4. The summed E-state index contributed by atoms with van der Waals surface area (Å²) in [5.41, 5.74) is 1.35. The van der Waals surface area contributed by atoms with Crippen LogP contribution in [-0.2, 0) is 9.53 Å². The highest BCUT2D eigenvalue weighted by molar-refractivity contribution is 8.26. The zero-order chi connectivity index (χ0) is 20.8. The molecule has 1 aliphatic heterocycles. The number of benzene rings is 1. The molecule has 2 aromatic rings. The number of unbranched alkanes of at least 4 members (excludes halogenated alkanes) is 1. The van der Waals surface area contributed by atoms with Crippen LogP contribution in [0.15, 0.2) is 45.7 Å². The molecule has 0 unspecified atom stereocenters. The minimum atomic E-state index is -0.320. The topological polar surface area (TPSA) is 59.8 Å². The molecule has 152 valence electrons. The highest BCUT2D eigenvalue weighted by Gasteiger charge is 2.31. The SMILES string of the molecule is CCCCOC(=O)c1ccc(-c2ccc(/C=C3/SC(=S)N(CCC)C3=O)o2)cc1. The van der Waals surface area contributed by atoms with Crippen LogP contribution in [-0.4, -0.2) is 34.2 Å². The molecule has 1 aliphatic rings. The van der Waals surface area contributed by atoms with Crippen molar-refractivity contribution in [1.29, 1.82) is 0 Å². The number of nitrogens with zero attached hydrogens (tertiary/aromatic N) is 1. The van der Waals surface area contributed by atoms with E-state index >= 15 is 0 Å². The number of amides is 1. The predicted molar refractivity (Wildman–Crippen MR) is 120 cm³/mol. The van der Waals surface area contributed by atoms with Crippen molar-refractivity contribution < 1.29 is 18.7 Å². The summed E-state index contributed by atoms with van der Waals surface area (Å²) in [4.78, 5) is 26.6. The van der Waals surface area contributed by atoms with Crippen LogP contribution < -0.4 is 0 Å². The third kappa shape index (κ3) is 5.16. The Kier molecular flexibility index (Phi) is 7.28. The van der Waals surface area contributed by atoms with Crippen molar-refractivity contribution >= 4 is 46.3 Å². The second-order valence-corrected chi connectivity index (χ2v) is 8.28. The van der Waals surface area contributed by atoms with E-state index in [1.54, 1.807) is 23.1 Å². The predicted octanol–water partition coefficient (Wildman–Crippen LogP) is 5.51. The summed E-state index contributed by atoms with van der Waals surface area (Å²) < 4.78 is 11.7. The van der Waals surface area contributed by atoms with Crippen LogP contribution in [0, 0.1) is 0 Å². The lowest BCUT2D eigenvalue weighted by Gasteiger charge is -2.11. The van der Waals surface area contributed by atoms with Gasteiger partial charge in [0.05, 0.1) is 17.1 Å². The first-order valence-corrected chi connectivity index (χ1v) is 10.9. The summed E-state index contributed by atoms with van der Waals surface area (Å²) in [6.45, 7) is 5.12. The van der Waals surface area contributed by atoms with Gasteiger partial charge in [0.2, 0.25) is 0 Å². The minimum absolute atomic E-state index is 0.0780. The number of carbonyl (C=O) groups excluding carboxylic acids is 2. The van der Waals surface area contributed by atoms with E-state index in [4.69, 9.17) is 21.4 Å². The Labute approximate surface area is 180 Å². The summed E-state index contributed by atoms with van der Waals surface area (Å²) in [7, 11) is 0. The van der Waals surface area contributed by atoms with E-state index in [9.17, 15) is 9.59 Å². The van der Waals surface area contributed by atoms with Gasteiger partial charge in [-0.1, -0.05) is 56.4 Å². The Morgan fingerprint density at radius 2 is 1.93 bits per heavy atom. The fourth-order valence-corrected chi connectivity index (χ4v) is 4.08. The second-order valence-electron chi connectivity index (χ2n) is 6.60. The van der Waals surface area contributed by atoms with E-state index in [-0.39, 0.29) is 11.9 Å². The van der Waals surface area contributed by atoms with Crippen LogP contribution in [0.25, 0.3) is 17.4 Å². The van der Waals surface area contributed by atoms with E-state index in [0.29, 0.717) is 39.5 Å². The molecule has 1 fully saturated rings. The van der Waals surface area contributed by atoms with Gasteiger partial charge in [-0.15, -0.1) is 0 Å². The number of ether oxygens (including phenoxy) is 1. The van der Waals surface area contributed by atoms with Crippen molar-refractivity contribution in [3.63, 3.8) is 0 Å². The van der Waals surface area contributed by atoms with Gasteiger partial charge in [-0.05, 0) is 37.1 Å². The fourth-order valence-electron chi connectivity index (χ4n) is 2.79. The van der Waals surface area contributed by atoms with Gasteiger partial charge in [0.1, 0.15) is 15.8 Å². The molecule has 0 aliphatic carbocycles. The van der Waals surface area contributed by atoms with E-state index in [2.05, 4.69) is 0 Å². The zero-order valence-corrected chi connectivity index (χ0v) is 18.1. The highest BCUT2D eigenvalue weighted by Crippen LogP contribution is 2.33. The molecule has 0 saturated carbocycles. The standard InChI is InChI=1S/C22H23NO4S2/c1-3-5-13-26-21(25)16-8-6-15(7-9-16)18-11-10-17(27-18)14-19-20(24)23(12-4-2)22(28)29-19/h6-11,14H,3-5,12-13H2,1-2H3/b19-14+. The number of hydrogen-bond donors (Lipinski definition) is 0. The Hall–Kier alpha value is -2.38. The van der Waals surface area contributed by atoms with E-state index < -0.39 is 0 Å². The number of carbonyl (C=O) groups is 2. The molecule has 0 atom stereocenters. The maximum Gasteiger partial charge on any atom is 0.338 e. The maximum absolute atomic E-state index is 12.4. The summed E-state index contributed by atoms with van der Waals surface area (Å²) in [5, 5.41) is 0. The number of esters is 1. The lowest BCUT2D eigenvalue weighted by atomic mass is 10.1. The van der Waals surface area contributed by atoms with Crippen LogP contribution in [0.1, 0.15) is 49.2 Å². The minimum Gasteiger partial charge on any atom is -0.462 e. The third-order valence-electron chi connectivity index (χ3n) is 4.36. The number of hydrogen-bond acceptors (Lipinski definition) is 6. The van der Waals surface area contributed by atoms with Gasteiger partial charge in [0, 0.05) is 18.2 Å². The van der Waals surface area contributed by atoms with Crippen molar-refractivity contribution in [2.75, 3.05) is 13.2 Å². The van der Waals surface area contributed by atoms with Gasteiger partial charge in [-0.3, -0.25) is 9.69 Å². The Morgan fingerprint density at radius 3 is 2.62 bits per heavy atom. The second kappa shape index (κ2) is 9.89.